The van der Waals surface area contributed by atoms with Crippen LogP contribution in [-0.4, -0.2) is 0 Å². The summed E-state index contributed by atoms with van der Waals surface area (Å²) in [6, 6.07) is 6.36. The van der Waals surface area contributed by atoms with Crippen molar-refractivity contribution < 1.29 is 27.9 Å². The van der Waals surface area contributed by atoms with E-state index in [-0.39, 0.29) is 29.3 Å². The molecule has 1 aromatic rings. The molecule has 0 amide bonds. The summed E-state index contributed by atoms with van der Waals surface area (Å²) in [4.78, 5) is 0.396. The second kappa shape index (κ2) is 13.7. The van der Waals surface area contributed by atoms with Crippen LogP contribution in [0.2, 0.25) is 0 Å². The third-order valence-corrected chi connectivity index (χ3v) is 1.22. The fourth-order valence-corrected chi connectivity index (χ4v) is 0.612. The van der Waals surface area contributed by atoms with Gasteiger partial charge in [0.1, 0.15) is 5.82 Å². The number of thiol groups is 1. The second-order valence-electron chi connectivity index (χ2n) is 1.45. The molecule has 0 aliphatic heterocycles. The Morgan fingerprint density at radius 3 is 1.46 bits per heavy atom. The molecule has 0 N–H and O–H groups in total. The van der Waals surface area contributed by atoms with Crippen LogP contribution >= 0.6 is 12.6 Å². The van der Waals surface area contributed by atoms with Crippen LogP contribution in [0, 0.1) is 5.82 Å². The van der Waals surface area contributed by atoms with Crippen LogP contribution in [-0.2, 0) is 0 Å². The first-order valence-electron chi connectivity index (χ1n) is 2.24. The minimum absolute atomic E-state index is 0. The molecule has 0 fully saturated rings. The quantitative estimate of drug-likeness (QED) is 0.512. The highest BCUT2D eigenvalue weighted by Crippen LogP contribution is 2.08. The van der Waals surface area contributed by atoms with Crippen molar-refractivity contribution in [1.82, 2.24) is 0 Å². The van der Waals surface area contributed by atoms with Crippen LogP contribution < -0.4 is 0 Å². The van der Waals surface area contributed by atoms with Crippen LogP contribution in [0.3, 0.4) is 0 Å². The molecule has 0 nitrogen and oxygen atoms in total. The topological polar surface area (TPSA) is 0 Å². The van der Waals surface area contributed by atoms with Gasteiger partial charge in [-0.25, -0.2) is 4.39 Å². The van der Waals surface area contributed by atoms with Crippen molar-refractivity contribution in [3.63, 3.8) is 0 Å². The Kier molecular flexibility index (Phi) is 31.2. The third kappa shape index (κ3) is 9.06. The molecular formula is C6H10F6S. The Labute approximate surface area is 76.4 Å². The average molecular weight is 228 g/mol. The smallest absolute Gasteiger partial charge is 0.136 e. The van der Waals surface area contributed by atoms with E-state index in [0.29, 0.717) is 4.90 Å². The van der Waals surface area contributed by atoms with Gasteiger partial charge in [0, 0.05) is 4.90 Å². The Balaban J connectivity index is -0.0000000427. The molecule has 0 spiro atoms. The standard InChI is InChI=1S/C6H5FS.5FH/c7-5-3-1-2-4-6(5)8;;;;;/h1-4,8H;5*1H. The van der Waals surface area contributed by atoms with E-state index in [0.717, 1.165) is 0 Å². The zero-order valence-corrected chi connectivity index (χ0v) is 7.07. The molecule has 0 atom stereocenters. The zero-order valence-electron chi connectivity index (χ0n) is 6.18. The summed E-state index contributed by atoms with van der Waals surface area (Å²) in [6.45, 7) is 0. The number of rotatable bonds is 0. The summed E-state index contributed by atoms with van der Waals surface area (Å²) in [5, 5.41) is 0. The maximum atomic E-state index is 12.2. The molecule has 1 aromatic carbocycles. The van der Waals surface area contributed by atoms with E-state index in [2.05, 4.69) is 12.6 Å². The number of benzene rings is 1. The maximum absolute atomic E-state index is 12.2. The van der Waals surface area contributed by atoms with Gasteiger partial charge in [-0.15, -0.1) is 12.6 Å². The van der Waals surface area contributed by atoms with Gasteiger partial charge in [-0.2, -0.15) is 0 Å². The summed E-state index contributed by atoms with van der Waals surface area (Å²) in [6.07, 6.45) is 0. The highest BCUT2D eigenvalue weighted by atomic mass is 32.1. The molecule has 13 heavy (non-hydrogen) atoms. The third-order valence-electron chi connectivity index (χ3n) is 0.852. The lowest BCUT2D eigenvalue weighted by Gasteiger charge is -1.88. The molecule has 0 aliphatic carbocycles. The van der Waals surface area contributed by atoms with Crippen molar-refractivity contribution in [2.75, 3.05) is 0 Å². The molecule has 0 heterocycles. The Hall–Kier alpha value is -0.850. The van der Waals surface area contributed by atoms with Gasteiger partial charge in [0.2, 0.25) is 0 Å². The van der Waals surface area contributed by atoms with Gasteiger partial charge in [0.05, 0.1) is 0 Å². The van der Waals surface area contributed by atoms with Crippen LogP contribution in [0.5, 0.6) is 0 Å². The van der Waals surface area contributed by atoms with Gasteiger partial charge in [-0.3, -0.25) is 23.5 Å². The Bertz CT molecular complexity index is 173. The summed E-state index contributed by atoms with van der Waals surface area (Å²) >= 11 is 3.82. The van der Waals surface area contributed by atoms with E-state index in [1.165, 1.54) is 6.07 Å². The van der Waals surface area contributed by atoms with Gasteiger partial charge < -0.3 is 0 Å². The van der Waals surface area contributed by atoms with Crippen molar-refractivity contribution in [3.05, 3.63) is 30.1 Å². The van der Waals surface area contributed by atoms with Gasteiger partial charge in [-0.05, 0) is 12.1 Å². The summed E-state index contributed by atoms with van der Waals surface area (Å²) in [5.41, 5.74) is 0. The summed E-state index contributed by atoms with van der Waals surface area (Å²) in [7, 11) is 0. The lowest BCUT2D eigenvalue weighted by molar-refractivity contribution is 0.602. The largest absolute Gasteiger partial charge is 0.269 e. The summed E-state index contributed by atoms with van der Waals surface area (Å²) in [5.74, 6) is -0.268. The maximum Gasteiger partial charge on any atom is 0.136 e. The fraction of sp³-hybridized carbons (Fsp3) is 0. The second-order valence-corrected chi connectivity index (χ2v) is 1.93. The minimum Gasteiger partial charge on any atom is -0.269 e. The van der Waals surface area contributed by atoms with E-state index >= 15 is 0 Å². The molecule has 82 valence electrons. The molecule has 0 aliphatic rings. The minimum atomic E-state index is -0.268. The molecule has 0 aromatic heterocycles. The van der Waals surface area contributed by atoms with Crippen LogP contribution in [0.25, 0.3) is 0 Å². The van der Waals surface area contributed by atoms with E-state index in [9.17, 15) is 4.39 Å². The van der Waals surface area contributed by atoms with Crippen molar-refractivity contribution in [2.24, 2.45) is 0 Å². The molecule has 0 bridgehead atoms. The van der Waals surface area contributed by atoms with Gasteiger partial charge >= 0.3 is 0 Å². The van der Waals surface area contributed by atoms with Crippen LogP contribution in [0.4, 0.5) is 27.9 Å². The predicted octanol–water partition coefficient (Wildman–Crippen LogP) is 2.88. The molecule has 1 rings (SSSR count). The first-order valence-corrected chi connectivity index (χ1v) is 2.69. The highest BCUT2D eigenvalue weighted by Gasteiger charge is 1.89. The van der Waals surface area contributed by atoms with Crippen molar-refractivity contribution >= 4 is 12.6 Å². The monoisotopic (exact) mass is 228 g/mol. The molecular weight excluding hydrogens is 218 g/mol. The van der Waals surface area contributed by atoms with E-state index in [4.69, 9.17) is 0 Å². The fourth-order valence-electron chi connectivity index (χ4n) is 0.452. The highest BCUT2D eigenvalue weighted by molar-refractivity contribution is 7.80. The van der Waals surface area contributed by atoms with Gasteiger partial charge in [0.25, 0.3) is 0 Å². The molecule has 7 heteroatoms. The first kappa shape index (κ1) is 29.5. The SMILES string of the molecule is F.F.F.F.F.Fc1ccccc1S. The Morgan fingerprint density at radius 1 is 0.846 bits per heavy atom. The number of halogens is 6. The van der Waals surface area contributed by atoms with Crippen molar-refractivity contribution in [2.45, 2.75) is 4.90 Å². The van der Waals surface area contributed by atoms with Crippen molar-refractivity contribution in [3.8, 4) is 0 Å². The van der Waals surface area contributed by atoms with Crippen molar-refractivity contribution in [1.29, 1.82) is 0 Å². The zero-order chi connectivity index (χ0) is 5.98. The first-order chi connectivity index (χ1) is 3.80. The van der Waals surface area contributed by atoms with Gasteiger partial charge in [-0.1, -0.05) is 12.1 Å². The van der Waals surface area contributed by atoms with Crippen LogP contribution in [0.1, 0.15) is 0 Å². The molecule has 0 radical (unpaired) electrons. The normalized spacial score (nSPS) is 5.69. The average Bonchev–Trinajstić information content (AvgIpc) is 1.77. The lowest BCUT2D eigenvalue weighted by atomic mass is 10.4. The molecule has 0 saturated heterocycles. The molecule has 0 saturated carbocycles. The van der Waals surface area contributed by atoms with Gasteiger partial charge in [0.15, 0.2) is 0 Å². The Morgan fingerprint density at radius 2 is 1.23 bits per heavy atom. The lowest BCUT2D eigenvalue weighted by Crippen LogP contribution is -1.71. The van der Waals surface area contributed by atoms with Crippen LogP contribution in [0.15, 0.2) is 29.2 Å². The predicted molar refractivity (Wildman–Crippen MR) is 46.2 cm³/mol. The summed E-state index contributed by atoms with van der Waals surface area (Å²) < 4.78 is 12.2. The van der Waals surface area contributed by atoms with E-state index in [1.807, 2.05) is 0 Å². The van der Waals surface area contributed by atoms with E-state index < -0.39 is 0 Å². The number of hydrogen-bond donors (Lipinski definition) is 1. The van der Waals surface area contributed by atoms with E-state index in [1.54, 1.807) is 18.2 Å². The molecule has 0 unspecified atom stereocenters. The number of hydrogen-bond acceptors (Lipinski definition) is 1.